The SMILES string of the molecule is CC(C)[C@H]1C(=O)N[C@@H](C)C(=O)N2CCC[C@H](N2)C(=O)O[C@H](C)c2cccc(c2)/C=C/CCCCC(=O)N1C. The van der Waals surface area contributed by atoms with Gasteiger partial charge in [-0.15, -0.1) is 0 Å². The molecule has 38 heavy (non-hydrogen) atoms. The number of hydrogen-bond donors (Lipinski definition) is 2. The Morgan fingerprint density at radius 2 is 1.82 bits per heavy atom. The molecule has 1 saturated heterocycles. The van der Waals surface area contributed by atoms with Crippen LogP contribution in [0.3, 0.4) is 0 Å². The van der Waals surface area contributed by atoms with Gasteiger partial charge in [-0.2, -0.15) is 0 Å². The van der Waals surface area contributed by atoms with Crippen molar-refractivity contribution < 1.29 is 23.9 Å². The van der Waals surface area contributed by atoms with Crippen molar-refractivity contribution in [1.29, 1.82) is 0 Å². The lowest BCUT2D eigenvalue weighted by Gasteiger charge is -2.35. The minimum atomic E-state index is -0.833. The second-order valence-electron chi connectivity index (χ2n) is 10.6. The number of rotatable bonds is 1. The van der Waals surface area contributed by atoms with Crippen molar-refractivity contribution in [3.05, 3.63) is 41.5 Å². The Bertz CT molecular complexity index is 1040. The van der Waals surface area contributed by atoms with Gasteiger partial charge in [-0.05, 0) is 69.1 Å². The fraction of sp³-hybridized carbons (Fsp3) is 0.586. The lowest BCUT2D eigenvalue weighted by molar-refractivity contribution is -0.157. The van der Waals surface area contributed by atoms with Crippen molar-refractivity contribution >= 4 is 29.8 Å². The van der Waals surface area contributed by atoms with Gasteiger partial charge in [0.2, 0.25) is 11.8 Å². The number of likely N-dealkylation sites (N-methyl/N-ethyl adjacent to an activating group) is 1. The molecular formula is C29H42N4O5. The Kier molecular flexibility index (Phi) is 10.5. The average Bonchev–Trinajstić information content (AvgIpc) is 2.89. The van der Waals surface area contributed by atoms with E-state index in [1.807, 2.05) is 51.1 Å². The van der Waals surface area contributed by atoms with Gasteiger partial charge in [0, 0.05) is 20.0 Å². The second-order valence-corrected chi connectivity index (χ2v) is 10.6. The second kappa shape index (κ2) is 13.6. The summed E-state index contributed by atoms with van der Waals surface area (Å²) in [4.78, 5) is 53.7. The number of hydrogen-bond acceptors (Lipinski definition) is 6. The summed E-state index contributed by atoms with van der Waals surface area (Å²) in [6.07, 6.45) is 7.57. The molecule has 1 aromatic carbocycles. The number of esters is 1. The van der Waals surface area contributed by atoms with Gasteiger partial charge in [0.15, 0.2) is 0 Å². The standard InChI is InChI=1S/C29H42N4O5/c1-19(2)26-27(35)30-20(3)28(36)33-17-11-15-24(31-33)29(37)38-21(4)23-14-10-13-22(18-23)12-8-6-7-9-16-25(34)32(26)5/h8,10,12-14,18-21,24,26,31H,6-7,9,11,15-17H2,1-5H3,(H,30,35)/b12-8+/t20-,21+,24-,26-/m0/s1. The maximum absolute atomic E-state index is 13.2. The molecule has 2 aliphatic heterocycles. The topological polar surface area (TPSA) is 108 Å². The van der Waals surface area contributed by atoms with Crippen LogP contribution in [0.5, 0.6) is 0 Å². The highest BCUT2D eigenvalue weighted by atomic mass is 16.5. The zero-order valence-electron chi connectivity index (χ0n) is 23.2. The maximum Gasteiger partial charge on any atom is 0.325 e. The lowest BCUT2D eigenvalue weighted by atomic mass is 10.0. The molecule has 1 aromatic rings. The van der Waals surface area contributed by atoms with Gasteiger partial charge < -0.3 is 15.0 Å². The summed E-state index contributed by atoms with van der Waals surface area (Å²) in [5.74, 6) is -1.36. The number of allylic oxidation sites excluding steroid dienone is 1. The number of nitrogens with zero attached hydrogens (tertiary/aromatic N) is 2. The first-order valence-corrected chi connectivity index (χ1v) is 13.7. The van der Waals surface area contributed by atoms with Crippen molar-refractivity contribution in [1.82, 2.24) is 20.7 Å². The zero-order chi connectivity index (χ0) is 27.8. The van der Waals surface area contributed by atoms with E-state index in [4.69, 9.17) is 4.74 Å². The highest BCUT2D eigenvalue weighted by Gasteiger charge is 2.35. The van der Waals surface area contributed by atoms with Crippen LogP contribution in [-0.4, -0.2) is 65.3 Å². The van der Waals surface area contributed by atoms with E-state index >= 15 is 0 Å². The largest absolute Gasteiger partial charge is 0.457 e. The molecule has 0 radical (unpaired) electrons. The van der Waals surface area contributed by atoms with Crippen molar-refractivity contribution in [2.75, 3.05) is 13.6 Å². The predicted molar refractivity (Wildman–Crippen MR) is 145 cm³/mol. The van der Waals surface area contributed by atoms with Gasteiger partial charge in [-0.1, -0.05) is 44.2 Å². The van der Waals surface area contributed by atoms with Crippen LogP contribution < -0.4 is 10.7 Å². The molecule has 4 atom stereocenters. The summed E-state index contributed by atoms with van der Waals surface area (Å²) in [6, 6.07) is 5.67. The molecule has 0 unspecified atom stereocenters. The van der Waals surface area contributed by atoms with Gasteiger partial charge in [0.25, 0.3) is 5.91 Å². The number of carbonyl (C=O) groups excluding carboxylic acids is 4. The van der Waals surface area contributed by atoms with Crippen LogP contribution in [0, 0.1) is 5.92 Å². The highest BCUT2D eigenvalue weighted by molar-refractivity contribution is 5.92. The van der Waals surface area contributed by atoms with Crippen molar-refractivity contribution in [2.24, 2.45) is 5.92 Å². The van der Waals surface area contributed by atoms with E-state index in [0.29, 0.717) is 32.2 Å². The summed E-state index contributed by atoms with van der Waals surface area (Å²) >= 11 is 0. The molecule has 3 rings (SSSR count). The fourth-order valence-electron chi connectivity index (χ4n) is 4.96. The molecular weight excluding hydrogens is 484 g/mol. The number of carbonyl (C=O) groups is 4. The fourth-order valence-corrected chi connectivity index (χ4v) is 4.96. The van der Waals surface area contributed by atoms with E-state index in [1.54, 1.807) is 14.0 Å². The lowest BCUT2D eigenvalue weighted by Crippen LogP contribution is -2.61. The summed E-state index contributed by atoms with van der Waals surface area (Å²) in [6.45, 7) is 7.63. The van der Waals surface area contributed by atoms with E-state index in [0.717, 1.165) is 24.0 Å². The predicted octanol–water partition coefficient (Wildman–Crippen LogP) is 3.36. The van der Waals surface area contributed by atoms with Crippen LogP contribution in [0.25, 0.3) is 6.08 Å². The molecule has 1 fully saturated rings. The molecule has 2 heterocycles. The number of cyclic esters (lactones) is 1. The molecule has 0 aliphatic carbocycles. The van der Waals surface area contributed by atoms with Crippen LogP contribution >= 0.6 is 0 Å². The van der Waals surface area contributed by atoms with Crippen molar-refractivity contribution in [3.8, 4) is 0 Å². The zero-order valence-corrected chi connectivity index (χ0v) is 23.2. The van der Waals surface area contributed by atoms with Gasteiger partial charge >= 0.3 is 5.97 Å². The summed E-state index contributed by atoms with van der Waals surface area (Å²) < 4.78 is 5.76. The molecule has 4 bridgehead atoms. The normalized spacial score (nSPS) is 27.7. The molecule has 0 aromatic heterocycles. The minimum Gasteiger partial charge on any atom is -0.457 e. The third-order valence-corrected chi connectivity index (χ3v) is 7.17. The first-order chi connectivity index (χ1) is 18.1. The third kappa shape index (κ3) is 7.66. The Morgan fingerprint density at radius 1 is 1.05 bits per heavy atom. The minimum absolute atomic E-state index is 0.0929. The first kappa shape index (κ1) is 29.4. The van der Waals surface area contributed by atoms with Crippen molar-refractivity contribution in [2.45, 2.75) is 90.4 Å². The molecule has 3 amide bonds. The maximum atomic E-state index is 13.2. The summed E-state index contributed by atoms with van der Waals surface area (Å²) in [5.41, 5.74) is 4.89. The molecule has 0 saturated carbocycles. The van der Waals surface area contributed by atoms with E-state index in [-0.39, 0.29) is 23.6 Å². The molecule has 208 valence electrons. The number of amides is 3. The number of benzene rings is 1. The average molecular weight is 527 g/mol. The van der Waals surface area contributed by atoms with Gasteiger partial charge in [-0.3, -0.25) is 24.2 Å². The number of hydrazine groups is 1. The molecule has 2 N–H and O–H groups in total. The van der Waals surface area contributed by atoms with Crippen LogP contribution in [0.15, 0.2) is 30.3 Å². The van der Waals surface area contributed by atoms with Gasteiger partial charge in [0.05, 0.1) is 0 Å². The summed E-state index contributed by atoms with van der Waals surface area (Å²) in [5, 5.41) is 4.18. The Balaban J connectivity index is 1.82. The quantitative estimate of drug-likeness (QED) is 0.544. The van der Waals surface area contributed by atoms with Crippen LogP contribution in [-0.2, 0) is 23.9 Å². The van der Waals surface area contributed by atoms with Crippen LogP contribution in [0.4, 0.5) is 0 Å². The Hall–Kier alpha value is -3.20. The van der Waals surface area contributed by atoms with E-state index in [1.165, 1.54) is 9.91 Å². The number of nitrogens with one attached hydrogen (secondary N) is 2. The molecule has 2 aliphatic rings. The number of fused-ring (bicyclic) bond motifs is 4. The van der Waals surface area contributed by atoms with Gasteiger partial charge in [-0.25, -0.2) is 5.43 Å². The molecule has 0 spiro atoms. The Labute approximate surface area is 225 Å². The van der Waals surface area contributed by atoms with E-state index < -0.39 is 30.2 Å². The van der Waals surface area contributed by atoms with Crippen molar-refractivity contribution in [3.63, 3.8) is 0 Å². The monoisotopic (exact) mass is 526 g/mol. The highest BCUT2D eigenvalue weighted by Crippen LogP contribution is 2.21. The Morgan fingerprint density at radius 3 is 2.55 bits per heavy atom. The summed E-state index contributed by atoms with van der Waals surface area (Å²) in [7, 11) is 1.65. The van der Waals surface area contributed by atoms with E-state index in [9.17, 15) is 19.2 Å². The molecule has 9 heteroatoms. The van der Waals surface area contributed by atoms with E-state index in [2.05, 4.69) is 16.8 Å². The van der Waals surface area contributed by atoms with Crippen LogP contribution in [0.1, 0.15) is 83.5 Å². The number of ether oxygens (including phenoxy) is 1. The third-order valence-electron chi connectivity index (χ3n) is 7.17. The van der Waals surface area contributed by atoms with Gasteiger partial charge in [0.1, 0.15) is 24.2 Å². The van der Waals surface area contributed by atoms with Crippen LogP contribution in [0.2, 0.25) is 0 Å². The molecule has 9 nitrogen and oxygen atoms in total. The smallest absolute Gasteiger partial charge is 0.325 e. The first-order valence-electron chi connectivity index (χ1n) is 13.7.